The van der Waals surface area contributed by atoms with Gasteiger partial charge in [0.1, 0.15) is 11.5 Å². The highest BCUT2D eigenvalue weighted by Gasteiger charge is 2.13. The number of ether oxygens (including phenoxy) is 2. The first-order valence-electron chi connectivity index (χ1n) is 5.79. The van der Waals surface area contributed by atoms with Crippen molar-refractivity contribution in [2.75, 3.05) is 19.5 Å². The van der Waals surface area contributed by atoms with E-state index in [9.17, 15) is 0 Å². The lowest BCUT2D eigenvalue weighted by Crippen LogP contribution is -2.10. The minimum Gasteiger partial charge on any atom is -0.467 e. The summed E-state index contributed by atoms with van der Waals surface area (Å²) in [6.45, 7) is 3.84. The number of hydrogen-bond donors (Lipinski definition) is 1. The number of methoxy groups -OCH3 is 2. The fourth-order valence-electron chi connectivity index (χ4n) is 1.54. The quantitative estimate of drug-likeness (QED) is 0.883. The summed E-state index contributed by atoms with van der Waals surface area (Å²) in [6.07, 6.45) is 0. The first kappa shape index (κ1) is 13.1. The van der Waals surface area contributed by atoms with Crippen molar-refractivity contribution in [3.05, 3.63) is 23.7 Å². The summed E-state index contributed by atoms with van der Waals surface area (Å²) >= 11 is 0. The number of nitrogens with one attached hydrogen (secondary N) is 1. The average Bonchev–Trinajstić information content (AvgIpc) is 2.85. The van der Waals surface area contributed by atoms with E-state index in [1.165, 1.54) is 14.2 Å². The Morgan fingerprint density at radius 2 is 1.74 bits per heavy atom. The first-order valence-corrected chi connectivity index (χ1v) is 5.79. The summed E-state index contributed by atoms with van der Waals surface area (Å²) in [4.78, 5) is 12.1. The Balaban J connectivity index is 2.18. The molecule has 0 spiro atoms. The van der Waals surface area contributed by atoms with Gasteiger partial charge in [-0.05, 0) is 26.0 Å². The average molecular weight is 264 g/mol. The smallest absolute Gasteiger partial charge is 0.324 e. The Morgan fingerprint density at radius 3 is 2.21 bits per heavy atom. The number of hydrogen-bond acceptors (Lipinski definition) is 7. The Kier molecular flexibility index (Phi) is 3.84. The zero-order valence-electron chi connectivity index (χ0n) is 11.3. The molecule has 1 unspecified atom stereocenters. The lowest BCUT2D eigenvalue weighted by atomic mass is 10.2. The Hall–Kier alpha value is -2.31. The summed E-state index contributed by atoms with van der Waals surface area (Å²) in [5.41, 5.74) is 0. The maximum absolute atomic E-state index is 5.53. The van der Waals surface area contributed by atoms with Gasteiger partial charge in [-0.2, -0.15) is 9.97 Å². The second-order valence-electron chi connectivity index (χ2n) is 3.95. The molecule has 0 radical (unpaired) electrons. The third-order valence-corrected chi connectivity index (χ3v) is 2.49. The zero-order valence-corrected chi connectivity index (χ0v) is 11.3. The van der Waals surface area contributed by atoms with E-state index in [4.69, 9.17) is 13.9 Å². The number of aromatic nitrogens is 3. The van der Waals surface area contributed by atoms with Gasteiger partial charge in [0.15, 0.2) is 0 Å². The van der Waals surface area contributed by atoms with Crippen LogP contribution in [0, 0.1) is 6.92 Å². The number of aryl methyl sites for hydroxylation is 1. The zero-order chi connectivity index (χ0) is 13.8. The van der Waals surface area contributed by atoms with Gasteiger partial charge in [0.25, 0.3) is 0 Å². The van der Waals surface area contributed by atoms with Gasteiger partial charge in [-0.3, -0.25) is 0 Å². The van der Waals surface area contributed by atoms with E-state index in [0.29, 0.717) is 5.95 Å². The van der Waals surface area contributed by atoms with E-state index in [-0.39, 0.29) is 18.1 Å². The van der Waals surface area contributed by atoms with E-state index in [2.05, 4.69) is 20.3 Å². The van der Waals surface area contributed by atoms with Gasteiger partial charge < -0.3 is 19.2 Å². The van der Waals surface area contributed by atoms with Gasteiger partial charge in [0.05, 0.1) is 20.3 Å². The molecule has 2 rings (SSSR count). The lowest BCUT2D eigenvalue weighted by molar-refractivity contribution is 0.340. The van der Waals surface area contributed by atoms with Gasteiger partial charge in [0, 0.05) is 0 Å². The lowest BCUT2D eigenvalue weighted by Gasteiger charge is -2.12. The summed E-state index contributed by atoms with van der Waals surface area (Å²) in [5, 5.41) is 3.10. The molecular formula is C12H16N4O3. The normalized spacial score (nSPS) is 12.0. The van der Waals surface area contributed by atoms with E-state index in [1.807, 2.05) is 26.0 Å². The van der Waals surface area contributed by atoms with Crippen LogP contribution in [0.3, 0.4) is 0 Å². The number of anilines is 1. The molecule has 0 aromatic carbocycles. The third kappa shape index (κ3) is 3.12. The monoisotopic (exact) mass is 264 g/mol. The van der Waals surface area contributed by atoms with Crippen LogP contribution >= 0.6 is 0 Å². The molecule has 0 amide bonds. The Bertz CT molecular complexity index is 533. The van der Waals surface area contributed by atoms with Gasteiger partial charge in [-0.25, -0.2) is 0 Å². The van der Waals surface area contributed by atoms with Crippen molar-refractivity contribution in [3.8, 4) is 12.0 Å². The standard InChI is InChI=1S/C12H16N4O3/c1-7-5-6-9(19-7)8(2)13-10-14-11(17-3)16-12(15-10)18-4/h5-6,8H,1-4H3,(H,13,14,15,16). The number of rotatable bonds is 5. The summed E-state index contributed by atoms with van der Waals surface area (Å²) in [6, 6.07) is 4.12. The van der Waals surface area contributed by atoms with Gasteiger partial charge >= 0.3 is 12.0 Å². The van der Waals surface area contributed by atoms with E-state index < -0.39 is 0 Å². The molecule has 0 bridgehead atoms. The minimum atomic E-state index is -0.0782. The maximum Gasteiger partial charge on any atom is 0.324 e. The second-order valence-corrected chi connectivity index (χ2v) is 3.95. The van der Waals surface area contributed by atoms with Crippen LogP contribution in [0.1, 0.15) is 24.5 Å². The highest BCUT2D eigenvalue weighted by atomic mass is 16.5. The second kappa shape index (κ2) is 5.55. The first-order chi connectivity index (χ1) is 9.12. The predicted molar refractivity (Wildman–Crippen MR) is 68.4 cm³/mol. The molecular weight excluding hydrogens is 248 g/mol. The van der Waals surface area contributed by atoms with Crippen LogP contribution in [0.25, 0.3) is 0 Å². The van der Waals surface area contributed by atoms with Crippen LogP contribution < -0.4 is 14.8 Å². The summed E-state index contributed by atoms with van der Waals surface area (Å²) in [7, 11) is 2.97. The molecule has 0 saturated heterocycles. The van der Waals surface area contributed by atoms with Crippen molar-refractivity contribution in [1.29, 1.82) is 0 Å². The van der Waals surface area contributed by atoms with Crippen LogP contribution in [0.4, 0.5) is 5.95 Å². The van der Waals surface area contributed by atoms with Crippen molar-refractivity contribution in [3.63, 3.8) is 0 Å². The highest BCUT2D eigenvalue weighted by molar-refractivity contribution is 5.31. The minimum absolute atomic E-state index is 0.0782. The molecule has 7 heteroatoms. The molecule has 0 aliphatic heterocycles. The van der Waals surface area contributed by atoms with Gasteiger partial charge in [-0.15, -0.1) is 4.98 Å². The van der Waals surface area contributed by atoms with Crippen LogP contribution in [0.15, 0.2) is 16.5 Å². The molecule has 7 nitrogen and oxygen atoms in total. The fourth-order valence-corrected chi connectivity index (χ4v) is 1.54. The van der Waals surface area contributed by atoms with Crippen LogP contribution in [-0.4, -0.2) is 29.2 Å². The van der Waals surface area contributed by atoms with Crippen LogP contribution in [0.2, 0.25) is 0 Å². The maximum atomic E-state index is 5.53. The molecule has 2 aromatic heterocycles. The van der Waals surface area contributed by atoms with Gasteiger partial charge in [-0.1, -0.05) is 0 Å². The fraction of sp³-hybridized carbons (Fsp3) is 0.417. The van der Waals surface area contributed by atoms with E-state index in [1.54, 1.807) is 0 Å². The van der Waals surface area contributed by atoms with Crippen molar-refractivity contribution < 1.29 is 13.9 Å². The molecule has 102 valence electrons. The molecule has 0 aliphatic rings. The molecule has 19 heavy (non-hydrogen) atoms. The number of nitrogens with zero attached hydrogens (tertiary/aromatic N) is 3. The largest absolute Gasteiger partial charge is 0.467 e. The van der Waals surface area contributed by atoms with Crippen molar-refractivity contribution >= 4 is 5.95 Å². The van der Waals surface area contributed by atoms with Gasteiger partial charge in [0.2, 0.25) is 5.95 Å². The van der Waals surface area contributed by atoms with Crippen LogP contribution in [-0.2, 0) is 0 Å². The predicted octanol–water partition coefficient (Wildman–Crippen LogP) is 1.96. The Labute approximate surface area is 111 Å². The molecule has 1 atom stereocenters. The molecule has 2 aromatic rings. The SMILES string of the molecule is COc1nc(NC(C)c2ccc(C)o2)nc(OC)n1. The highest BCUT2D eigenvalue weighted by Crippen LogP contribution is 2.21. The molecule has 0 fully saturated rings. The molecule has 0 aliphatic carbocycles. The molecule has 0 saturated carbocycles. The topological polar surface area (TPSA) is 82.3 Å². The van der Waals surface area contributed by atoms with Crippen molar-refractivity contribution in [1.82, 2.24) is 15.0 Å². The van der Waals surface area contributed by atoms with E-state index in [0.717, 1.165) is 11.5 Å². The number of furan rings is 1. The van der Waals surface area contributed by atoms with E-state index >= 15 is 0 Å². The third-order valence-electron chi connectivity index (χ3n) is 2.49. The molecule has 2 heterocycles. The van der Waals surface area contributed by atoms with Crippen molar-refractivity contribution in [2.45, 2.75) is 19.9 Å². The summed E-state index contributed by atoms with van der Waals surface area (Å²) < 4.78 is 15.5. The molecule has 1 N–H and O–H groups in total. The Morgan fingerprint density at radius 1 is 1.11 bits per heavy atom. The summed E-state index contributed by atoms with van der Waals surface area (Å²) in [5.74, 6) is 2.02. The van der Waals surface area contributed by atoms with Crippen LogP contribution in [0.5, 0.6) is 12.0 Å². The van der Waals surface area contributed by atoms with Crippen molar-refractivity contribution in [2.24, 2.45) is 0 Å².